The molecule has 0 aliphatic carbocycles. The summed E-state index contributed by atoms with van der Waals surface area (Å²) in [6.45, 7) is 3.75. The van der Waals surface area contributed by atoms with E-state index < -0.39 is 5.91 Å². The van der Waals surface area contributed by atoms with E-state index in [-0.39, 0.29) is 6.04 Å². The number of carbonyl (C=O) groups is 1. The molecule has 0 bridgehead atoms. The van der Waals surface area contributed by atoms with E-state index in [0.717, 1.165) is 13.1 Å². The summed E-state index contributed by atoms with van der Waals surface area (Å²) < 4.78 is 0. The van der Waals surface area contributed by atoms with Crippen LogP contribution in [0.5, 0.6) is 0 Å². The van der Waals surface area contributed by atoms with Crippen molar-refractivity contribution in [3.63, 3.8) is 0 Å². The normalized spacial score (nSPS) is 12.2. The molecule has 0 aliphatic rings. The van der Waals surface area contributed by atoms with Crippen LogP contribution in [0.25, 0.3) is 0 Å². The lowest BCUT2D eigenvalue weighted by molar-refractivity contribution is 0.1000. The zero-order valence-electron chi connectivity index (χ0n) is 13.3. The standard InChI is InChI=1S/C17H21ClN4O/c1-12(10-22(2)11-13-6-4-3-5-7-13)21-17-15(18)8-14(9-20-17)16(19)23/h3-9,12H,10-11H2,1-2H3,(H2,19,23)(H,20,21). The van der Waals surface area contributed by atoms with Crippen molar-refractivity contribution in [3.05, 3.63) is 58.7 Å². The van der Waals surface area contributed by atoms with Gasteiger partial charge in [-0.3, -0.25) is 4.79 Å². The van der Waals surface area contributed by atoms with Crippen molar-refractivity contribution in [2.75, 3.05) is 18.9 Å². The number of anilines is 1. The zero-order valence-corrected chi connectivity index (χ0v) is 14.0. The first-order chi connectivity index (χ1) is 11.0. The number of pyridine rings is 1. The monoisotopic (exact) mass is 332 g/mol. The van der Waals surface area contributed by atoms with E-state index in [1.807, 2.05) is 18.2 Å². The second kappa shape index (κ2) is 7.94. The highest BCUT2D eigenvalue weighted by molar-refractivity contribution is 6.33. The summed E-state index contributed by atoms with van der Waals surface area (Å²) in [6, 6.07) is 12.0. The number of nitrogens with two attached hydrogens (primary N) is 1. The smallest absolute Gasteiger partial charge is 0.250 e. The average Bonchev–Trinajstić information content (AvgIpc) is 2.49. The van der Waals surface area contributed by atoms with Crippen molar-refractivity contribution < 1.29 is 4.79 Å². The fourth-order valence-corrected chi connectivity index (χ4v) is 2.61. The van der Waals surface area contributed by atoms with E-state index in [2.05, 4.69) is 41.3 Å². The second-order valence-electron chi connectivity index (χ2n) is 5.65. The molecule has 2 aromatic rings. The molecule has 1 atom stereocenters. The third-order valence-corrected chi connectivity index (χ3v) is 3.68. The van der Waals surface area contributed by atoms with E-state index in [1.165, 1.54) is 17.8 Å². The van der Waals surface area contributed by atoms with Gasteiger partial charge >= 0.3 is 0 Å². The maximum atomic E-state index is 11.1. The molecule has 1 amide bonds. The molecular formula is C17H21ClN4O. The number of benzene rings is 1. The van der Waals surface area contributed by atoms with Crippen LogP contribution in [0.1, 0.15) is 22.8 Å². The third-order valence-electron chi connectivity index (χ3n) is 3.39. The molecule has 1 heterocycles. The van der Waals surface area contributed by atoms with Gasteiger partial charge in [0.25, 0.3) is 0 Å². The molecular weight excluding hydrogens is 312 g/mol. The second-order valence-corrected chi connectivity index (χ2v) is 6.05. The summed E-state index contributed by atoms with van der Waals surface area (Å²) in [5.41, 5.74) is 6.78. The van der Waals surface area contributed by atoms with Gasteiger partial charge in [0.05, 0.1) is 10.6 Å². The molecule has 0 fully saturated rings. The van der Waals surface area contributed by atoms with Crippen molar-refractivity contribution >= 4 is 23.3 Å². The molecule has 3 N–H and O–H groups in total. The highest BCUT2D eigenvalue weighted by atomic mass is 35.5. The highest BCUT2D eigenvalue weighted by Crippen LogP contribution is 2.20. The fourth-order valence-electron chi connectivity index (χ4n) is 2.39. The maximum Gasteiger partial charge on any atom is 0.250 e. The van der Waals surface area contributed by atoms with E-state index in [1.54, 1.807) is 0 Å². The van der Waals surface area contributed by atoms with Gasteiger partial charge in [-0.15, -0.1) is 0 Å². The zero-order chi connectivity index (χ0) is 16.8. The molecule has 1 unspecified atom stereocenters. The summed E-state index contributed by atoms with van der Waals surface area (Å²) in [5.74, 6) is 0.0128. The minimum atomic E-state index is -0.540. The van der Waals surface area contributed by atoms with Gasteiger partial charge in [-0.25, -0.2) is 4.98 Å². The van der Waals surface area contributed by atoms with Crippen molar-refractivity contribution in [2.45, 2.75) is 19.5 Å². The Kier molecular flexibility index (Phi) is 5.96. The first kappa shape index (κ1) is 17.2. The largest absolute Gasteiger partial charge is 0.366 e. The summed E-state index contributed by atoms with van der Waals surface area (Å²) >= 11 is 6.14. The Bertz CT molecular complexity index is 663. The number of likely N-dealkylation sites (N-methyl/N-ethyl adjacent to an activating group) is 1. The number of hydrogen-bond acceptors (Lipinski definition) is 4. The number of rotatable bonds is 7. The van der Waals surface area contributed by atoms with Gasteiger partial charge < -0.3 is 16.0 Å². The average molecular weight is 333 g/mol. The molecule has 23 heavy (non-hydrogen) atoms. The molecule has 0 saturated carbocycles. The Morgan fingerprint density at radius 1 is 1.39 bits per heavy atom. The lowest BCUT2D eigenvalue weighted by Gasteiger charge is -2.23. The molecule has 0 radical (unpaired) electrons. The number of halogens is 1. The highest BCUT2D eigenvalue weighted by Gasteiger charge is 2.11. The van der Waals surface area contributed by atoms with Crippen LogP contribution in [0.4, 0.5) is 5.82 Å². The maximum absolute atomic E-state index is 11.1. The first-order valence-electron chi connectivity index (χ1n) is 7.40. The minimum Gasteiger partial charge on any atom is -0.366 e. The molecule has 0 spiro atoms. The van der Waals surface area contributed by atoms with Crippen LogP contribution in [0.3, 0.4) is 0 Å². The fraction of sp³-hybridized carbons (Fsp3) is 0.294. The van der Waals surface area contributed by atoms with Gasteiger partial charge in [0.2, 0.25) is 5.91 Å². The lowest BCUT2D eigenvalue weighted by atomic mass is 10.2. The minimum absolute atomic E-state index is 0.146. The Morgan fingerprint density at radius 2 is 2.09 bits per heavy atom. The van der Waals surface area contributed by atoms with Crippen molar-refractivity contribution in [3.8, 4) is 0 Å². The number of hydrogen-bond donors (Lipinski definition) is 2. The number of primary amides is 1. The Labute approximate surface area is 141 Å². The van der Waals surface area contributed by atoms with Crippen LogP contribution in [-0.4, -0.2) is 35.4 Å². The molecule has 2 rings (SSSR count). The molecule has 0 aliphatic heterocycles. The van der Waals surface area contributed by atoms with Gasteiger partial charge in [0, 0.05) is 25.3 Å². The van der Waals surface area contributed by atoms with E-state index in [4.69, 9.17) is 17.3 Å². The predicted molar refractivity (Wildman–Crippen MR) is 93.6 cm³/mol. The molecule has 5 nitrogen and oxygen atoms in total. The SMILES string of the molecule is CC(CN(C)Cc1ccccc1)Nc1ncc(C(N)=O)cc1Cl. The number of nitrogens with one attached hydrogen (secondary N) is 1. The summed E-state index contributed by atoms with van der Waals surface area (Å²) in [7, 11) is 2.07. The van der Waals surface area contributed by atoms with Gasteiger partial charge in [-0.05, 0) is 25.6 Å². The van der Waals surface area contributed by atoms with Crippen molar-refractivity contribution in [1.82, 2.24) is 9.88 Å². The van der Waals surface area contributed by atoms with Gasteiger partial charge in [0.15, 0.2) is 0 Å². The van der Waals surface area contributed by atoms with Crippen LogP contribution in [-0.2, 0) is 6.54 Å². The molecule has 122 valence electrons. The van der Waals surface area contributed by atoms with Crippen molar-refractivity contribution in [1.29, 1.82) is 0 Å². The molecule has 6 heteroatoms. The number of nitrogens with zero attached hydrogens (tertiary/aromatic N) is 2. The number of aromatic nitrogens is 1. The Balaban J connectivity index is 1.91. The van der Waals surface area contributed by atoms with E-state index >= 15 is 0 Å². The van der Waals surface area contributed by atoms with Gasteiger partial charge in [0.1, 0.15) is 5.82 Å². The summed E-state index contributed by atoms with van der Waals surface area (Å²) in [4.78, 5) is 17.5. The molecule has 0 saturated heterocycles. The van der Waals surface area contributed by atoms with E-state index in [9.17, 15) is 4.79 Å². The predicted octanol–water partition coefficient (Wildman–Crippen LogP) is 2.77. The van der Waals surface area contributed by atoms with Crippen molar-refractivity contribution in [2.24, 2.45) is 5.73 Å². The van der Waals surface area contributed by atoms with Crippen LogP contribution in [0.2, 0.25) is 5.02 Å². The summed E-state index contributed by atoms with van der Waals surface area (Å²) in [5, 5.41) is 3.64. The topological polar surface area (TPSA) is 71.2 Å². The van der Waals surface area contributed by atoms with Gasteiger partial charge in [-0.1, -0.05) is 41.9 Å². The Hall–Kier alpha value is -2.11. The number of carbonyl (C=O) groups excluding carboxylic acids is 1. The number of amides is 1. The van der Waals surface area contributed by atoms with Crippen LogP contribution >= 0.6 is 11.6 Å². The van der Waals surface area contributed by atoms with Crippen LogP contribution < -0.4 is 11.1 Å². The molecule has 1 aromatic carbocycles. The van der Waals surface area contributed by atoms with Crippen LogP contribution in [0, 0.1) is 0 Å². The quantitative estimate of drug-likeness (QED) is 0.818. The van der Waals surface area contributed by atoms with E-state index in [0.29, 0.717) is 16.4 Å². The molecule has 1 aromatic heterocycles. The lowest BCUT2D eigenvalue weighted by Crippen LogP contribution is -2.32. The third kappa shape index (κ3) is 5.23. The first-order valence-corrected chi connectivity index (χ1v) is 7.78. The van der Waals surface area contributed by atoms with Crippen LogP contribution in [0.15, 0.2) is 42.6 Å². The summed E-state index contributed by atoms with van der Waals surface area (Å²) in [6.07, 6.45) is 1.43. The van der Waals surface area contributed by atoms with Gasteiger partial charge in [-0.2, -0.15) is 0 Å². The Morgan fingerprint density at radius 3 is 2.70 bits per heavy atom.